The molecule has 1 saturated heterocycles. The van der Waals surface area contributed by atoms with Gasteiger partial charge in [0.25, 0.3) is 0 Å². The number of nitrogens with zero attached hydrogens (tertiary/aromatic N) is 1. The molecule has 1 aliphatic rings. The van der Waals surface area contributed by atoms with Crippen LogP contribution in [0.25, 0.3) is 0 Å². The number of benzene rings is 1. The first-order valence-corrected chi connectivity index (χ1v) is 11.8. The molecule has 1 aromatic rings. The van der Waals surface area contributed by atoms with Crippen LogP contribution in [0.1, 0.15) is 12.8 Å². The molecule has 0 radical (unpaired) electrons. The molecule has 1 amide bonds. The van der Waals surface area contributed by atoms with Crippen LogP contribution in [-0.2, 0) is 24.7 Å². The number of alkyl halides is 3. The normalized spacial score (nSPS) is 17.5. The zero-order valence-corrected chi connectivity index (χ0v) is 17.1. The first-order chi connectivity index (χ1) is 12.7. The number of carbonyl (C=O) groups is 1. The third-order valence-corrected chi connectivity index (χ3v) is 7.76. The van der Waals surface area contributed by atoms with E-state index in [2.05, 4.69) is 0 Å². The smallest absolute Gasteiger partial charge is 0.348 e. The van der Waals surface area contributed by atoms with Crippen LogP contribution in [0.2, 0.25) is 5.02 Å². The van der Waals surface area contributed by atoms with Crippen molar-refractivity contribution < 1.29 is 34.8 Å². The Morgan fingerprint density at radius 1 is 1.18 bits per heavy atom. The van der Waals surface area contributed by atoms with E-state index in [1.165, 1.54) is 6.07 Å². The number of hydrogen-bond acceptors (Lipinski definition) is 5. The second-order valence-electron chi connectivity index (χ2n) is 6.42. The molecule has 0 aliphatic carbocycles. The van der Waals surface area contributed by atoms with Crippen molar-refractivity contribution in [1.82, 2.24) is 9.62 Å². The Labute approximate surface area is 165 Å². The summed E-state index contributed by atoms with van der Waals surface area (Å²) in [5, 5.41) is 1.85. The number of hydrogen-bond donors (Lipinski definition) is 1. The minimum Gasteiger partial charge on any atom is -0.348 e. The van der Waals surface area contributed by atoms with E-state index in [1.54, 1.807) is 5.32 Å². The van der Waals surface area contributed by atoms with Gasteiger partial charge in [-0.2, -0.15) is 17.5 Å². The number of piperidine rings is 1. The predicted octanol–water partition coefficient (Wildman–Crippen LogP) is 1.82. The lowest BCUT2D eigenvalue weighted by molar-refractivity contribution is -0.173. The van der Waals surface area contributed by atoms with Gasteiger partial charge in [0.2, 0.25) is 10.0 Å². The van der Waals surface area contributed by atoms with Gasteiger partial charge in [-0.05, 0) is 37.0 Å². The molecule has 0 aromatic heterocycles. The van der Waals surface area contributed by atoms with E-state index in [1.807, 2.05) is 0 Å². The highest BCUT2D eigenvalue weighted by atomic mass is 35.5. The molecule has 1 heterocycles. The van der Waals surface area contributed by atoms with Gasteiger partial charge in [0.05, 0.1) is 4.90 Å². The van der Waals surface area contributed by atoms with E-state index < -0.39 is 41.7 Å². The largest absolute Gasteiger partial charge is 0.471 e. The fourth-order valence-corrected chi connectivity index (χ4v) is 6.12. The monoisotopic (exact) mass is 462 g/mol. The average molecular weight is 463 g/mol. The zero-order chi connectivity index (χ0) is 21.3. The SMILES string of the molecule is CS(=O)(=O)c1cc(Cl)ccc1S(=O)(=O)N1CCC(CNC(=O)C(F)(F)F)CC1. The Morgan fingerprint density at radius 3 is 2.25 bits per heavy atom. The van der Waals surface area contributed by atoms with Gasteiger partial charge in [0.1, 0.15) is 4.90 Å². The summed E-state index contributed by atoms with van der Waals surface area (Å²) in [5.41, 5.74) is 0. The summed E-state index contributed by atoms with van der Waals surface area (Å²) in [6.07, 6.45) is -3.66. The maximum Gasteiger partial charge on any atom is 0.471 e. The van der Waals surface area contributed by atoms with Crippen LogP contribution in [0, 0.1) is 5.92 Å². The van der Waals surface area contributed by atoms with Crippen molar-refractivity contribution in [2.24, 2.45) is 5.92 Å². The molecule has 0 atom stereocenters. The van der Waals surface area contributed by atoms with Crippen molar-refractivity contribution in [1.29, 1.82) is 0 Å². The van der Waals surface area contributed by atoms with E-state index >= 15 is 0 Å². The summed E-state index contributed by atoms with van der Waals surface area (Å²) in [7, 11) is -8.01. The van der Waals surface area contributed by atoms with E-state index in [-0.39, 0.29) is 43.4 Å². The Hall–Kier alpha value is -1.37. The number of carbonyl (C=O) groups excluding carboxylic acids is 1. The zero-order valence-electron chi connectivity index (χ0n) is 14.7. The summed E-state index contributed by atoms with van der Waals surface area (Å²) in [4.78, 5) is 10.0. The van der Waals surface area contributed by atoms with Crippen LogP contribution < -0.4 is 5.32 Å². The third kappa shape index (κ3) is 5.37. The van der Waals surface area contributed by atoms with Crippen LogP contribution in [0.15, 0.2) is 28.0 Å². The maximum absolute atomic E-state index is 12.9. The summed E-state index contributed by atoms with van der Waals surface area (Å²) < 4.78 is 87.3. The molecule has 0 unspecified atom stereocenters. The number of sulfone groups is 1. The van der Waals surface area contributed by atoms with Crippen LogP contribution in [0.3, 0.4) is 0 Å². The summed E-state index contributed by atoms with van der Waals surface area (Å²) in [5.74, 6) is -2.36. The van der Waals surface area contributed by atoms with E-state index in [4.69, 9.17) is 11.6 Å². The first-order valence-electron chi connectivity index (χ1n) is 8.07. The van der Waals surface area contributed by atoms with Gasteiger partial charge in [0.15, 0.2) is 9.84 Å². The highest BCUT2D eigenvalue weighted by Crippen LogP contribution is 2.30. The van der Waals surface area contributed by atoms with E-state index in [9.17, 15) is 34.8 Å². The topological polar surface area (TPSA) is 101 Å². The van der Waals surface area contributed by atoms with Gasteiger partial charge < -0.3 is 5.32 Å². The Balaban J connectivity index is 2.11. The summed E-state index contributed by atoms with van der Waals surface area (Å²) in [6.45, 7) is -0.247. The van der Waals surface area contributed by atoms with Gasteiger partial charge >= 0.3 is 12.1 Å². The Morgan fingerprint density at radius 2 is 1.75 bits per heavy atom. The van der Waals surface area contributed by atoms with Gasteiger partial charge in [-0.1, -0.05) is 11.6 Å². The molecule has 1 N–H and O–H groups in total. The lowest BCUT2D eigenvalue weighted by atomic mass is 9.98. The van der Waals surface area contributed by atoms with Crippen molar-refractivity contribution in [2.75, 3.05) is 25.9 Å². The molecule has 1 aliphatic heterocycles. The third-order valence-electron chi connectivity index (χ3n) is 4.31. The standard InChI is InChI=1S/C15H18ClF3N2O5S2/c1-27(23,24)13-8-11(16)2-3-12(13)28(25,26)21-6-4-10(5-7-21)9-20-14(22)15(17,18)19/h2-3,8,10H,4-7,9H2,1H3,(H,20,22). The van der Waals surface area contributed by atoms with Crippen molar-refractivity contribution in [2.45, 2.75) is 28.8 Å². The van der Waals surface area contributed by atoms with Crippen molar-refractivity contribution >= 4 is 37.4 Å². The Kier molecular flexibility index (Phi) is 6.68. The average Bonchev–Trinajstić information content (AvgIpc) is 2.58. The number of rotatable bonds is 5. The van der Waals surface area contributed by atoms with Crippen LogP contribution in [0.4, 0.5) is 13.2 Å². The first kappa shape index (κ1) is 22.9. The molecule has 13 heteroatoms. The highest BCUT2D eigenvalue weighted by Gasteiger charge is 2.39. The van der Waals surface area contributed by atoms with Gasteiger partial charge in [-0.3, -0.25) is 4.79 Å². The van der Waals surface area contributed by atoms with Crippen LogP contribution >= 0.6 is 11.6 Å². The van der Waals surface area contributed by atoms with Gasteiger partial charge in [-0.15, -0.1) is 0 Å². The van der Waals surface area contributed by atoms with E-state index in [0.29, 0.717) is 0 Å². The highest BCUT2D eigenvalue weighted by molar-refractivity contribution is 7.93. The van der Waals surface area contributed by atoms with Crippen molar-refractivity contribution in [3.05, 3.63) is 23.2 Å². The van der Waals surface area contributed by atoms with Crippen molar-refractivity contribution in [3.8, 4) is 0 Å². The maximum atomic E-state index is 12.9. The molecule has 7 nitrogen and oxygen atoms in total. The molecule has 2 rings (SSSR count). The minimum absolute atomic E-state index is 0.0132. The number of nitrogens with one attached hydrogen (secondary N) is 1. The molecular weight excluding hydrogens is 445 g/mol. The minimum atomic E-state index is -4.97. The lowest BCUT2D eigenvalue weighted by Crippen LogP contribution is -2.44. The molecule has 158 valence electrons. The van der Waals surface area contributed by atoms with Crippen LogP contribution in [0.5, 0.6) is 0 Å². The second kappa shape index (κ2) is 8.17. The molecular formula is C15H18ClF3N2O5S2. The molecule has 28 heavy (non-hydrogen) atoms. The molecule has 0 bridgehead atoms. The van der Waals surface area contributed by atoms with Crippen molar-refractivity contribution in [3.63, 3.8) is 0 Å². The predicted molar refractivity (Wildman–Crippen MR) is 95.1 cm³/mol. The fourth-order valence-electron chi connectivity index (χ4n) is 2.81. The number of halogens is 4. The molecule has 1 aromatic carbocycles. The Bertz CT molecular complexity index is 956. The number of sulfonamides is 1. The second-order valence-corrected chi connectivity index (χ2v) is 10.7. The lowest BCUT2D eigenvalue weighted by Gasteiger charge is -2.31. The molecule has 0 spiro atoms. The van der Waals surface area contributed by atoms with Gasteiger partial charge in [0, 0.05) is 30.9 Å². The molecule has 0 saturated carbocycles. The number of amides is 1. The van der Waals surface area contributed by atoms with Gasteiger partial charge in [-0.25, -0.2) is 16.8 Å². The fraction of sp³-hybridized carbons (Fsp3) is 0.533. The van der Waals surface area contributed by atoms with Crippen LogP contribution in [-0.4, -0.2) is 59.1 Å². The summed E-state index contributed by atoms with van der Waals surface area (Å²) in [6, 6.07) is 3.44. The quantitative estimate of drug-likeness (QED) is 0.719. The van der Waals surface area contributed by atoms with E-state index in [0.717, 1.165) is 22.7 Å². The summed E-state index contributed by atoms with van der Waals surface area (Å²) >= 11 is 5.78. The molecule has 1 fully saturated rings.